The van der Waals surface area contributed by atoms with E-state index in [0.29, 0.717) is 37.2 Å². The lowest BCUT2D eigenvalue weighted by molar-refractivity contribution is -0.126. The first kappa shape index (κ1) is 22.6. The van der Waals surface area contributed by atoms with Crippen molar-refractivity contribution in [2.45, 2.75) is 74.4 Å². The van der Waals surface area contributed by atoms with Crippen LogP contribution in [0.4, 0.5) is 10.1 Å². The second-order valence-corrected chi connectivity index (χ2v) is 11.5. The molecule has 2 saturated carbocycles. The number of piperidine rings is 1. The zero-order valence-electron chi connectivity index (χ0n) is 20.0. The molecule has 6 heteroatoms. The number of nitrogens with one attached hydrogen (secondary N) is 1. The predicted octanol–water partition coefficient (Wildman–Crippen LogP) is 5.41. The maximum Gasteiger partial charge on any atom is 0.335 e. The highest BCUT2D eigenvalue weighted by atomic mass is 19.1. The SMILES string of the molecule is O=C(CC1CCN(c2ccc(C(=O)O)cc2)CC1)NC12CC3CC(F)(CC(C1)c1ccccc13)C2. The van der Waals surface area contributed by atoms with E-state index >= 15 is 4.39 Å². The maximum atomic E-state index is 15.9. The monoisotopic (exact) mass is 476 g/mol. The summed E-state index contributed by atoms with van der Waals surface area (Å²) in [6.45, 7) is 1.70. The second-order valence-electron chi connectivity index (χ2n) is 11.5. The Morgan fingerprint density at radius 2 is 1.54 bits per heavy atom. The van der Waals surface area contributed by atoms with Gasteiger partial charge in [0, 0.05) is 37.2 Å². The normalized spacial score (nSPS) is 31.6. The van der Waals surface area contributed by atoms with Crippen LogP contribution in [-0.4, -0.2) is 41.3 Å². The van der Waals surface area contributed by atoms with Gasteiger partial charge in [-0.15, -0.1) is 0 Å². The molecule has 1 aliphatic heterocycles. The number of nitrogens with zero attached hydrogens (tertiary/aromatic N) is 1. The first-order valence-corrected chi connectivity index (χ1v) is 13.0. The molecule has 0 aromatic heterocycles. The van der Waals surface area contributed by atoms with Gasteiger partial charge < -0.3 is 15.3 Å². The summed E-state index contributed by atoms with van der Waals surface area (Å²) < 4.78 is 15.9. The standard InChI is InChI=1S/C29H33FN2O3/c30-28-14-21-16-29(18-28,17-22(15-28)25-4-2-1-3-24(21)25)31-26(33)13-19-9-11-32(12-10-19)23-7-5-20(6-8-23)27(34)35/h1-8,19,21-22H,9-18H2,(H,31,33)(H,34,35). The van der Waals surface area contributed by atoms with E-state index in [1.165, 1.54) is 11.1 Å². The van der Waals surface area contributed by atoms with Crippen molar-refractivity contribution < 1.29 is 19.1 Å². The van der Waals surface area contributed by atoms with Gasteiger partial charge in [-0.2, -0.15) is 0 Å². The molecule has 184 valence electrons. The Bertz CT molecular complexity index is 1100. The quantitative estimate of drug-likeness (QED) is 0.605. The van der Waals surface area contributed by atoms with Crippen molar-refractivity contribution in [3.63, 3.8) is 0 Å². The Kier molecular flexibility index (Phi) is 5.39. The van der Waals surface area contributed by atoms with Crippen molar-refractivity contribution in [3.05, 3.63) is 65.2 Å². The molecule has 1 amide bonds. The lowest BCUT2D eigenvalue weighted by atomic mass is 9.60. The van der Waals surface area contributed by atoms with Gasteiger partial charge in [0.15, 0.2) is 0 Å². The molecule has 2 unspecified atom stereocenters. The molecule has 5 nitrogen and oxygen atoms in total. The Labute approximate surface area is 205 Å². The molecule has 2 N–H and O–H groups in total. The third-order valence-electron chi connectivity index (χ3n) is 9.00. The van der Waals surface area contributed by atoms with Gasteiger partial charge >= 0.3 is 5.97 Å². The van der Waals surface area contributed by atoms with E-state index in [2.05, 4.69) is 34.5 Å². The molecule has 0 spiro atoms. The highest BCUT2D eigenvalue weighted by Gasteiger charge is 2.58. The fraction of sp³-hybridized carbons (Fsp3) is 0.517. The molecule has 5 aliphatic rings. The van der Waals surface area contributed by atoms with Crippen LogP contribution in [0.3, 0.4) is 0 Å². The summed E-state index contributed by atoms with van der Waals surface area (Å²) in [4.78, 5) is 26.6. The van der Waals surface area contributed by atoms with E-state index in [0.717, 1.165) is 44.5 Å². The predicted molar refractivity (Wildman–Crippen MR) is 133 cm³/mol. The zero-order valence-corrected chi connectivity index (χ0v) is 20.0. The molecule has 2 aromatic carbocycles. The number of halogens is 1. The summed E-state index contributed by atoms with van der Waals surface area (Å²) in [5, 5.41) is 12.5. The molecule has 2 atom stereocenters. The smallest absolute Gasteiger partial charge is 0.335 e. The van der Waals surface area contributed by atoms with Crippen LogP contribution in [0.1, 0.15) is 84.7 Å². The van der Waals surface area contributed by atoms with E-state index in [1.54, 1.807) is 12.1 Å². The van der Waals surface area contributed by atoms with Gasteiger partial charge in [-0.05, 0) is 91.7 Å². The van der Waals surface area contributed by atoms with Crippen LogP contribution in [0.15, 0.2) is 48.5 Å². The topological polar surface area (TPSA) is 69.6 Å². The number of amides is 1. The van der Waals surface area contributed by atoms with Crippen molar-refractivity contribution in [2.75, 3.05) is 18.0 Å². The van der Waals surface area contributed by atoms with Crippen molar-refractivity contribution in [2.24, 2.45) is 5.92 Å². The van der Waals surface area contributed by atoms with Crippen LogP contribution >= 0.6 is 0 Å². The Morgan fingerprint density at radius 3 is 2.11 bits per heavy atom. The average Bonchev–Trinajstić information content (AvgIpc) is 2.97. The fourth-order valence-corrected chi connectivity index (χ4v) is 7.69. The zero-order chi connectivity index (χ0) is 24.2. The number of carboxylic acids is 1. The minimum Gasteiger partial charge on any atom is -0.478 e. The highest BCUT2D eigenvalue weighted by Crippen LogP contribution is 2.60. The Morgan fingerprint density at radius 1 is 0.943 bits per heavy atom. The van der Waals surface area contributed by atoms with Crippen LogP contribution in [0.5, 0.6) is 0 Å². The minimum atomic E-state index is -1.18. The summed E-state index contributed by atoms with van der Waals surface area (Å²) >= 11 is 0. The third kappa shape index (κ3) is 4.21. The maximum absolute atomic E-state index is 15.9. The number of aromatic carboxylic acids is 1. The largest absolute Gasteiger partial charge is 0.478 e. The van der Waals surface area contributed by atoms with Gasteiger partial charge in [-0.1, -0.05) is 24.3 Å². The molecule has 1 saturated heterocycles. The molecule has 4 aliphatic carbocycles. The molecule has 3 fully saturated rings. The molecular formula is C29H33FN2O3. The number of carboxylic acid groups (broad SMARTS) is 1. The van der Waals surface area contributed by atoms with Crippen molar-refractivity contribution >= 4 is 17.6 Å². The van der Waals surface area contributed by atoms with Crippen molar-refractivity contribution in [1.82, 2.24) is 5.32 Å². The van der Waals surface area contributed by atoms with Crippen molar-refractivity contribution in [3.8, 4) is 0 Å². The summed E-state index contributed by atoms with van der Waals surface area (Å²) in [5.74, 6) is -0.151. The number of hydrogen-bond donors (Lipinski definition) is 2. The first-order chi connectivity index (χ1) is 16.8. The van der Waals surface area contributed by atoms with Gasteiger partial charge in [-0.25, -0.2) is 9.18 Å². The van der Waals surface area contributed by atoms with E-state index < -0.39 is 17.2 Å². The summed E-state index contributed by atoms with van der Waals surface area (Å²) in [5.41, 5.74) is 2.31. The molecule has 7 rings (SSSR count). The fourth-order valence-electron chi connectivity index (χ4n) is 7.69. The summed E-state index contributed by atoms with van der Waals surface area (Å²) in [7, 11) is 0. The second kappa shape index (κ2) is 8.35. The summed E-state index contributed by atoms with van der Waals surface area (Å²) in [6, 6.07) is 15.5. The number of benzene rings is 2. The van der Waals surface area contributed by atoms with Crippen LogP contribution in [0.25, 0.3) is 0 Å². The highest BCUT2D eigenvalue weighted by molar-refractivity contribution is 5.88. The van der Waals surface area contributed by atoms with Gasteiger partial charge in [-0.3, -0.25) is 4.79 Å². The van der Waals surface area contributed by atoms with Crippen LogP contribution in [-0.2, 0) is 4.79 Å². The van der Waals surface area contributed by atoms with Crippen LogP contribution < -0.4 is 10.2 Å². The summed E-state index contributed by atoms with van der Waals surface area (Å²) in [6.07, 6.45) is 5.67. The molecule has 4 bridgehead atoms. The van der Waals surface area contributed by atoms with E-state index in [4.69, 9.17) is 5.11 Å². The third-order valence-corrected chi connectivity index (χ3v) is 9.00. The van der Waals surface area contributed by atoms with Gasteiger partial charge in [0.05, 0.1) is 5.56 Å². The van der Waals surface area contributed by atoms with Gasteiger partial charge in [0.25, 0.3) is 0 Å². The minimum absolute atomic E-state index is 0.0730. The average molecular weight is 477 g/mol. The lowest BCUT2D eigenvalue weighted by Crippen LogP contribution is -2.59. The molecule has 35 heavy (non-hydrogen) atoms. The lowest BCUT2D eigenvalue weighted by Gasteiger charge is -2.51. The van der Waals surface area contributed by atoms with Crippen LogP contribution in [0.2, 0.25) is 0 Å². The number of carbonyl (C=O) groups is 2. The first-order valence-electron chi connectivity index (χ1n) is 13.0. The number of carbonyl (C=O) groups excluding carboxylic acids is 1. The molecular weight excluding hydrogens is 443 g/mol. The number of hydrogen-bond acceptors (Lipinski definition) is 3. The van der Waals surface area contributed by atoms with Crippen LogP contribution in [0, 0.1) is 5.92 Å². The molecule has 0 radical (unpaired) electrons. The van der Waals surface area contributed by atoms with Gasteiger partial charge in [0.2, 0.25) is 5.91 Å². The number of rotatable bonds is 5. The Hall–Kier alpha value is -2.89. The van der Waals surface area contributed by atoms with Crippen molar-refractivity contribution in [1.29, 1.82) is 0 Å². The Balaban J connectivity index is 1.09. The number of alkyl halides is 1. The van der Waals surface area contributed by atoms with E-state index in [-0.39, 0.29) is 17.7 Å². The van der Waals surface area contributed by atoms with Gasteiger partial charge in [0.1, 0.15) is 5.67 Å². The molecule has 1 heterocycles. The number of anilines is 1. The molecule has 2 aromatic rings. The van der Waals surface area contributed by atoms with E-state index in [9.17, 15) is 9.59 Å². The van der Waals surface area contributed by atoms with E-state index in [1.807, 2.05) is 12.1 Å².